The van der Waals surface area contributed by atoms with E-state index in [2.05, 4.69) is 9.80 Å². The lowest BCUT2D eigenvalue weighted by molar-refractivity contribution is -0.140. The van der Waals surface area contributed by atoms with Gasteiger partial charge in [0.2, 0.25) is 5.91 Å². The maximum Gasteiger partial charge on any atom is 0.225 e. The Kier molecular flexibility index (Phi) is 4.08. The van der Waals surface area contributed by atoms with Crippen LogP contribution in [0.2, 0.25) is 0 Å². The van der Waals surface area contributed by atoms with Crippen LogP contribution >= 0.6 is 0 Å². The van der Waals surface area contributed by atoms with E-state index < -0.39 is 0 Å². The van der Waals surface area contributed by atoms with Gasteiger partial charge in [0.05, 0.1) is 6.10 Å². The highest BCUT2D eigenvalue weighted by Gasteiger charge is 2.34. The van der Waals surface area contributed by atoms with Crippen LogP contribution in [0.15, 0.2) is 0 Å². The molecule has 108 valence electrons. The fourth-order valence-electron chi connectivity index (χ4n) is 3.94. The molecular formula is C15H26N2O2. The Labute approximate surface area is 115 Å². The topological polar surface area (TPSA) is 43.8 Å². The zero-order chi connectivity index (χ0) is 13.2. The van der Waals surface area contributed by atoms with Crippen molar-refractivity contribution in [2.45, 2.75) is 57.1 Å². The number of fused-ring (bicyclic) bond motifs is 1. The molecule has 1 amide bonds. The van der Waals surface area contributed by atoms with Gasteiger partial charge in [0.25, 0.3) is 0 Å². The molecule has 1 N–H and O–H groups in total. The Morgan fingerprint density at radius 2 is 1.74 bits per heavy atom. The Bertz CT molecular complexity index is 326. The summed E-state index contributed by atoms with van der Waals surface area (Å²) >= 11 is 0. The number of piperazine rings is 1. The second-order valence-electron chi connectivity index (χ2n) is 6.48. The summed E-state index contributed by atoms with van der Waals surface area (Å²) < 4.78 is 0. The third-order valence-corrected chi connectivity index (χ3v) is 5.19. The van der Waals surface area contributed by atoms with Crippen molar-refractivity contribution in [3.8, 4) is 0 Å². The van der Waals surface area contributed by atoms with Crippen molar-refractivity contribution in [2.75, 3.05) is 26.2 Å². The first-order valence-electron chi connectivity index (χ1n) is 7.95. The summed E-state index contributed by atoms with van der Waals surface area (Å²) in [5.41, 5.74) is 0. The van der Waals surface area contributed by atoms with Gasteiger partial charge < -0.3 is 10.0 Å². The lowest BCUT2D eigenvalue weighted by atomic mass is 9.86. The first-order chi connectivity index (χ1) is 9.24. The SMILES string of the molecule is O=C(C1CCC(O)CC1)N1CCN2CCCCC2C1. The quantitative estimate of drug-likeness (QED) is 0.776. The molecule has 1 unspecified atom stereocenters. The van der Waals surface area contributed by atoms with Crippen molar-refractivity contribution in [2.24, 2.45) is 5.92 Å². The van der Waals surface area contributed by atoms with E-state index in [1.54, 1.807) is 0 Å². The summed E-state index contributed by atoms with van der Waals surface area (Å²) in [5.74, 6) is 0.538. The third kappa shape index (κ3) is 2.95. The standard InChI is InChI=1S/C15H26N2O2/c18-14-6-4-12(5-7-14)15(19)17-10-9-16-8-2-1-3-13(16)11-17/h12-14,18H,1-11H2. The van der Waals surface area contributed by atoms with E-state index in [0.29, 0.717) is 11.9 Å². The predicted octanol–water partition coefficient (Wildman–Crippen LogP) is 1.23. The molecule has 3 fully saturated rings. The summed E-state index contributed by atoms with van der Waals surface area (Å²) in [6.45, 7) is 4.14. The van der Waals surface area contributed by atoms with E-state index in [1.807, 2.05) is 0 Å². The lowest BCUT2D eigenvalue weighted by Gasteiger charge is -2.45. The molecule has 0 spiro atoms. The molecule has 1 saturated carbocycles. The summed E-state index contributed by atoms with van der Waals surface area (Å²) in [4.78, 5) is 17.2. The molecule has 0 aromatic heterocycles. The minimum atomic E-state index is -0.167. The molecule has 0 aromatic rings. The van der Waals surface area contributed by atoms with Gasteiger partial charge in [0, 0.05) is 31.6 Å². The molecular weight excluding hydrogens is 240 g/mol. The van der Waals surface area contributed by atoms with Crippen LogP contribution in [-0.4, -0.2) is 59.1 Å². The summed E-state index contributed by atoms with van der Waals surface area (Å²) in [6.07, 6.45) is 7.10. The van der Waals surface area contributed by atoms with Gasteiger partial charge in [-0.2, -0.15) is 0 Å². The number of carbonyl (C=O) groups is 1. The summed E-state index contributed by atoms with van der Waals surface area (Å²) in [7, 11) is 0. The van der Waals surface area contributed by atoms with E-state index in [9.17, 15) is 9.90 Å². The molecule has 0 bridgehead atoms. The average molecular weight is 266 g/mol. The number of carbonyl (C=O) groups excluding carboxylic acids is 1. The van der Waals surface area contributed by atoms with Crippen molar-refractivity contribution >= 4 is 5.91 Å². The van der Waals surface area contributed by atoms with Crippen LogP contribution in [0.4, 0.5) is 0 Å². The molecule has 2 aliphatic heterocycles. The van der Waals surface area contributed by atoms with Gasteiger partial charge in [-0.3, -0.25) is 9.69 Å². The van der Waals surface area contributed by atoms with Gasteiger partial charge in [-0.15, -0.1) is 0 Å². The number of aliphatic hydroxyl groups is 1. The van der Waals surface area contributed by atoms with Crippen LogP contribution < -0.4 is 0 Å². The molecule has 3 rings (SSSR count). The number of nitrogens with zero attached hydrogens (tertiary/aromatic N) is 2. The maximum absolute atomic E-state index is 12.6. The van der Waals surface area contributed by atoms with Crippen LogP contribution in [-0.2, 0) is 4.79 Å². The van der Waals surface area contributed by atoms with Crippen molar-refractivity contribution in [3.05, 3.63) is 0 Å². The Morgan fingerprint density at radius 1 is 0.947 bits per heavy atom. The van der Waals surface area contributed by atoms with Crippen molar-refractivity contribution < 1.29 is 9.90 Å². The predicted molar refractivity (Wildman–Crippen MR) is 73.8 cm³/mol. The Balaban J connectivity index is 1.55. The minimum absolute atomic E-state index is 0.167. The van der Waals surface area contributed by atoms with Gasteiger partial charge in [-0.1, -0.05) is 6.42 Å². The molecule has 4 heteroatoms. The highest BCUT2D eigenvalue weighted by atomic mass is 16.3. The zero-order valence-electron chi connectivity index (χ0n) is 11.8. The highest BCUT2D eigenvalue weighted by molar-refractivity contribution is 5.79. The van der Waals surface area contributed by atoms with Gasteiger partial charge in [-0.05, 0) is 45.1 Å². The molecule has 1 atom stereocenters. The molecule has 19 heavy (non-hydrogen) atoms. The van der Waals surface area contributed by atoms with E-state index in [0.717, 1.165) is 45.3 Å². The first kappa shape index (κ1) is 13.4. The third-order valence-electron chi connectivity index (χ3n) is 5.19. The number of rotatable bonds is 1. The Morgan fingerprint density at radius 3 is 2.53 bits per heavy atom. The van der Waals surface area contributed by atoms with Gasteiger partial charge in [-0.25, -0.2) is 0 Å². The number of aliphatic hydroxyl groups excluding tert-OH is 1. The largest absolute Gasteiger partial charge is 0.393 e. The molecule has 1 aliphatic carbocycles. The smallest absolute Gasteiger partial charge is 0.225 e. The van der Waals surface area contributed by atoms with E-state index in [4.69, 9.17) is 0 Å². The zero-order valence-corrected chi connectivity index (χ0v) is 11.8. The Hall–Kier alpha value is -0.610. The number of hydrogen-bond donors (Lipinski definition) is 1. The molecule has 0 aromatic carbocycles. The highest BCUT2D eigenvalue weighted by Crippen LogP contribution is 2.28. The first-order valence-corrected chi connectivity index (χ1v) is 7.95. The van der Waals surface area contributed by atoms with Gasteiger partial charge in [0.15, 0.2) is 0 Å². The van der Waals surface area contributed by atoms with Crippen LogP contribution in [0.1, 0.15) is 44.9 Å². The molecule has 0 radical (unpaired) electrons. The van der Waals surface area contributed by atoms with E-state index in [1.165, 1.54) is 25.8 Å². The number of amides is 1. The summed E-state index contributed by atoms with van der Waals surface area (Å²) in [5, 5.41) is 9.54. The van der Waals surface area contributed by atoms with Gasteiger partial charge >= 0.3 is 0 Å². The summed E-state index contributed by atoms with van der Waals surface area (Å²) in [6, 6.07) is 0.612. The van der Waals surface area contributed by atoms with Crippen LogP contribution in [0.3, 0.4) is 0 Å². The number of hydrogen-bond acceptors (Lipinski definition) is 3. The van der Waals surface area contributed by atoms with E-state index >= 15 is 0 Å². The monoisotopic (exact) mass is 266 g/mol. The van der Waals surface area contributed by atoms with Crippen molar-refractivity contribution in [1.29, 1.82) is 0 Å². The average Bonchev–Trinajstić information content (AvgIpc) is 2.47. The van der Waals surface area contributed by atoms with Crippen LogP contribution in [0, 0.1) is 5.92 Å². The molecule has 4 nitrogen and oxygen atoms in total. The van der Waals surface area contributed by atoms with Gasteiger partial charge in [0.1, 0.15) is 0 Å². The van der Waals surface area contributed by atoms with Crippen molar-refractivity contribution in [1.82, 2.24) is 9.80 Å². The van der Waals surface area contributed by atoms with Crippen LogP contribution in [0.5, 0.6) is 0 Å². The maximum atomic E-state index is 12.6. The minimum Gasteiger partial charge on any atom is -0.393 e. The fourth-order valence-corrected chi connectivity index (χ4v) is 3.94. The second-order valence-corrected chi connectivity index (χ2v) is 6.48. The lowest BCUT2D eigenvalue weighted by Crippen LogP contribution is -2.57. The van der Waals surface area contributed by atoms with Crippen LogP contribution in [0.25, 0.3) is 0 Å². The second kappa shape index (κ2) is 5.80. The molecule has 2 heterocycles. The molecule has 3 aliphatic rings. The normalized spacial score (nSPS) is 36.9. The fraction of sp³-hybridized carbons (Fsp3) is 0.933. The van der Waals surface area contributed by atoms with Crippen molar-refractivity contribution in [3.63, 3.8) is 0 Å². The number of piperidine rings is 1. The molecule has 2 saturated heterocycles. The van der Waals surface area contributed by atoms with E-state index in [-0.39, 0.29) is 12.0 Å².